The second-order valence-corrected chi connectivity index (χ2v) is 4.94. The summed E-state index contributed by atoms with van der Waals surface area (Å²) in [4.78, 5) is 4.91. The lowest BCUT2D eigenvalue weighted by atomic mass is 10.0. The van der Waals surface area contributed by atoms with Crippen LogP contribution in [0.1, 0.15) is 24.9 Å². The van der Waals surface area contributed by atoms with Crippen LogP contribution in [0.15, 0.2) is 30.3 Å². The maximum absolute atomic E-state index is 8.96. The third-order valence-corrected chi connectivity index (χ3v) is 3.83. The van der Waals surface area contributed by atoms with Crippen molar-refractivity contribution in [2.45, 2.75) is 19.4 Å². The van der Waals surface area contributed by atoms with Crippen molar-refractivity contribution in [3.8, 4) is 0 Å². The molecule has 18 heavy (non-hydrogen) atoms. The third-order valence-electron chi connectivity index (χ3n) is 3.83. The van der Waals surface area contributed by atoms with Gasteiger partial charge in [0.1, 0.15) is 0 Å². The number of benzene rings is 1. The van der Waals surface area contributed by atoms with Gasteiger partial charge in [-0.2, -0.15) is 0 Å². The first-order valence-corrected chi connectivity index (χ1v) is 6.97. The molecule has 1 N–H and O–H groups in total. The van der Waals surface area contributed by atoms with Crippen molar-refractivity contribution in [1.82, 2.24) is 9.80 Å². The van der Waals surface area contributed by atoms with Crippen LogP contribution in [0.4, 0.5) is 0 Å². The van der Waals surface area contributed by atoms with E-state index in [0.29, 0.717) is 6.04 Å². The predicted octanol–water partition coefficient (Wildman–Crippen LogP) is 1.75. The molecule has 0 spiro atoms. The van der Waals surface area contributed by atoms with E-state index in [-0.39, 0.29) is 6.61 Å². The van der Waals surface area contributed by atoms with E-state index in [9.17, 15) is 0 Å². The zero-order chi connectivity index (χ0) is 12.8. The average Bonchev–Trinajstić information content (AvgIpc) is 2.43. The van der Waals surface area contributed by atoms with E-state index in [1.54, 1.807) is 0 Å². The molecule has 3 heteroatoms. The molecule has 0 saturated carbocycles. The van der Waals surface area contributed by atoms with E-state index in [4.69, 9.17) is 5.11 Å². The largest absolute Gasteiger partial charge is 0.395 e. The molecule has 1 aliphatic heterocycles. The van der Waals surface area contributed by atoms with Gasteiger partial charge >= 0.3 is 0 Å². The number of β-amino-alcohol motifs (C(OH)–C–C–N with tert-alkyl or cyclic N) is 1. The van der Waals surface area contributed by atoms with E-state index < -0.39 is 0 Å². The van der Waals surface area contributed by atoms with Crippen LogP contribution in [-0.2, 0) is 0 Å². The van der Waals surface area contributed by atoms with Crippen molar-refractivity contribution in [3.05, 3.63) is 35.9 Å². The highest BCUT2D eigenvalue weighted by Gasteiger charge is 2.23. The van der Waals surface area contributed by atoms with E-state index >= 15 is 0 Å². The van der Waals surface area contributed by atoms with Crippen molar-refractivity contribution in [2.75, 3.05) is 39.3 Å². The number of aliphatic hydroxyl groups is 1. The zero-order valence-electron chi connectivity index (χ0n) is 11.3. The SMILES string of the molecule is CC[C@@H](c1ccccc1)N1CCN(CCO)CC1. The van der Waals surface area contributed by atoms with Gasteiger partial charge in [0.05, 0.1) is 6.61 Å². The fraction of sp³-hybridized carbons (Fsp3) is 0.600. The number of hydrogen-bond donors (Lipinski definition) is 1. The molecule has 0 amide bonds. The molecular weight excluding hydrogens is 224 g/mol. The van der Waals surface area contributed by atoms with Gasteiger partial charge in [-0.05, 0) is 12.0 Å². The van der Waals surface area contributed by atoms with Crippen molar-refractivity contribution in [2.24, 2.45) is 0 Å². The van der Waals surface area contributed by atoms with Crippen molar-refractivity contribution < 1.29 is 5.11 Å². The third kappa shape index (κ3) is 3.31. The molecule has 100 valence electrons. The Bertz CT molecular complexity index is 334. The number of rotatable bonds is 5. The molecule has 1 fully saturated rings. The van der Waals surface area contributed by atoms with Gasteiger partial charge in [-0.25, -0.2) is 0 Å². The lowest BCUT2D eigenvalue weighted by molar-refractivity contribution is 0.0818. The summed E-state index contributed by atoms with van der Waals surface area (Å²) >= 11 is 0. The van der Waals surface area contributed by atoms with Gasteiger partial charge < -0.3 is 5.11 Å². The van der Waals surface area contributed by atoms with Crippen LogP contribution in [0.2, 0.25) is 0 Å². The van der Waals surface area contributed by atoms with E-state index in [1.807, 2.05) is 0 Å². The van der Waals surface area contributed by atoms with Crippen LogP contribution in [0, 0.1) is 0 Å². The quantitative estimate of drug-likeness (QED) is 0.860. The Labute approximate surface area is 110 Å². The monoisotopic (exact) mass is 248 g/mol. The summed E-state index contributed by atoms with van der Waals surface area (Å²) in [5.41, 5.74) is 1.43. The summed E-state index contributed by atoms with van der Waals surface area (Å²) in [5, 5.41) is 8.96. The number of piperazine rings is 1. The molecule has 1 aromatic carbocycles. The molecule has 1 aliphatic rings. The maximum atomic E-state index is 8.96. The molecule has 2 rings (SSSR count). The van der Waals surface area contributed by atoms with E-state index in [1.165, 1.54) is 5.56 Å². The van der Waals surface area contributed by atoms with Gasteiger partial charge in [0.25, 0.3) is 0 Å². The topological polar surface area (TPSA) is 26.7 Å². The van der Waals surface area contributed by atoms with Crippen molar-refractivity contribution in [1.29, 1.82) is 0 Å². The first-order chi connectivity index (χ1) is 8.85. The normalized spacial score (nSPS) is 19.9. The number of aliphatic hydroxyl groups excluding tert-OH is 1. The minimum atomic E-state index is 0.274. The number of nitrogens with zero attached hydrogens (tertiary/aromatic N) is 2. The molecule has 0 bridgehead atoms. The van der Waals surface area contributed by atoms with Crippen LogP contribution in [0.3, 0.4) is 0 Å². The minimum Gasteiger partial charge on any atom is -0.395 e. The van der Waals surface area contributed by atoms with Gasteiger partial charge in [-0.1, -0.05) is 37.3 Å². The Morgan fingerprint density at radius 1 is 1.11 bits per heavy atom. The smallest absolute Gasteiger partial charge is 0.0558 e. The first-order valence-electron chi connectivity index (χ1n) is 6.97. The lowest BCUT2D eigenvalue weighted by Gasteiger charge is -2.39. The Kier molecular flexibility index (Phi) is 5.17. The maximum Gasteiger partial charge on any atom is 0.0558 e. The molecule has 3 nitrogen and oxygen atoms in total. The minimum absolute atomic E-state index is 0.274. The summed E-state index contributed by atoms with van der Waals surface area (Å²) in [5.74, 6) is 0. The van der Waals surface area contributed by atoms with Crippen LogP contribution >= 0.6 is 0 Å². The highest BCUT2D eigenvalue weighted by molar-refractivity contribution is 5.19. The zero-order valence-corrected chi connectivity index (χ0v) is 11.3. The fourth-order valence-electron chi connectivity index (χ4n) is 2.82. The second-order valence-electron chi connectivity index (χ2n) is 4.94. The van der Waals surface area contributed by atoms with Crippen LogP contribution < -0.4 is 0 Å². The summed E-state index contributed by atoms with van der Waals surface area (Å²) in [6.07, 6.45) is 1.16. The molecule has 1 aromatic rings. The molecule has 0 unspecified atom stereocenters. The fourth-order valence-corrected chi connectivity index (χ4v) is 2.82. The number of hydrogen-bond acceptors (Lipinski definition) is 3. The van der Waals surface area contributed by atoms with Crippen LogP contribution in [-0.4, -0.2) is 54.2 Å². The summed E-state index contributed by atoms with van der Waals surface area (Å²) in [7, 11) is 0. The molecule has 1 heterocycles. The first kappa shape index (κ1) is 13.5. The molecule has 0 aliphatic carbocycles. The molecular formula is C15H24N2O. The van der Waals surface area contributed by atoms with Crippen molar-refractivity contribution in [3.63, 3.8) is 0 Å². The Morgan fingerprint density at radius 2 is 1.78 bits per heavy atom. The van der Waals surface area contributed by atoms with Crippen LogP contribution in [0.5, 0.6) is 0 Å². The molecule has 0 radical (unpaired) electrons. The van der Waals surface area contributed by atoms with Gasteiger partial charge in [0, 0.05) is 38.8 Å². The Morgan fingerprint density at radius 3 is 2.33 bits per heavy atom. The van der Waals surface area contributed by atoms with Crippen molar-refractivity contribution >= 4 is 0 Å². The highest BCUT2D eigenvalue weighted by atomic mass is 16.3. The highest BCUT2D eigenvalue weighted by Crippen LogP contribution is 2.24. The average molecular weight is 248 g/mol. The summed E-state index contributed by atoms with van der Waals surface area (Å²) < 4.78 is 0. The van der Waals surface area contributed by atoms with Gasteiger partial charge in [-0.15, -0.1) is 0 Å². The standard InChI is InChI=1S/C15H24N2O/c1-2-15(14-6-4-3-5-7-14)17-10-8-16(9-11-17)12-13-18/h3-7,15,18H,2,8-13H2,1H3/t15-/m0/s1. The molecule has 1 saturated heterocycles. The van der Waals surface area contributed by atoms with Gasteiger partial charge in [0.2, 0.25) is 0 Å². The Hall–Kier alpha value is -0.900. The van der Waals surface area contributed by atoms with Gasteiger partial charge in [-0.3, -0.25) is 9.80 Å². The summed E-state index contributed by atoms with van der Waals surface area (Å²) in [6, 6.07) is 11.3. The Balaban J connectivity index is 1.95. The van der Waals surface area contributed by atoms with Crippen LogP contribution in [0.25, 0.3) is 0 Å². The second kappa shape index (κ2) is 6.88. The van der Waals surface area contributed by atoms with E-state index in [2.05, 4.69) is 47.1 Å². The lowest BCUT2D eigenvalue weighted by Crippen LogP contribution is -2.48. The summed E-state index contributed by atoms with van der Waals surface area (Å²) in [6.45, 7) is 7.71. The molecule has 1 atom stereocenters. The molecule has 0 aromatic heterocycles. The predicted molar refractivity (Wildman–Crippen MR) is 74.6 cm³/mol. The van der Waals surface area contributed by atoms with Gasteiger partial charge in [0.15, 0.2) is 0 Å². The van der Waals surface area contributed by atoms with E-state index in [0.717, 1.165) is 39.1 Å².